The molecule has 0 spiro atoms. The Bertz CT molecular complexity index is 835. The lowest BCUT2D eigenvalue weighted by Gasteiger charge is -2.33. The summed E-state index contributed by atoms with van der Waals surface area (Å²) in [5, 5.41) is 8.10. The number of H-pyrrole nitrogens is 1. The van der Waals surface area contributed by atoms with E-state index in [0.29, 0.717) is 55.8 Å². The van der Waals surface area contributed by atoms with E-state index in [9.17, 15) is 4.79 Å². The number of nitrogens with zero attached hydrogens (tertiary/aromatic N) is 2. The van der Waals surface area contributed by atoms with Gasteiger partial charge in [-0.1, -0.05) is 43.0 Å². The maximum atomic E-state index is 12.8. The largest absolute Gasteiger partial charge is 0.492 e. The number of para-hydroxylation sites is 1. The highest BCUT2D eigenvalue weighted by Crippen LogP contribution is 2.28. The molecule has 7 heteroatoms. The predicted octanol–water partition coefficient (Wildman–Crippen LogP) is 4.55. The van der Waals surface area contributed by atoms with E-state index in [4.69, 9.17) is 21.1 Å². The van der Waals surface area contributed by atoms with E-state index in [2.05, 4.69) is 10.2 Å². The number of morpholine rings is 1. The predicted molar refractivity (Wildman–Crippen MR) is 116 cm³/mol. The number of hydrogen-bond donors (Lipinski definition) is 1. The van der Waals surface area contributed by atoms with E-state index in [1.54, 1.807) is 0 Å². The van der Waals surface area contributed by atoms with Crippen molar-refractivity contribution in [3.05, 3.63) is 46.7 Å². The number of halogens is 1. The first-order chi connectivity index (χ1) is 14.7. The summed E-state index contributed by atoms with van der Waals surface area (Å²) < 4.78 is 11.7. The summed E-state index contributed by atoms with van der Waals surface area (Å²) in [4.78, 5) is 14.7. The molecule has 1 amide bonds. The fourth-order valence-electron chi connectivity index (χ4n) is 4.33. The fraction of sp³-hybridized carbons (Fsp3) is 0.565. The number of hydrogen-bond acceptors (Lipinski definition) is 4. The smallest absolute Gasteiger partial charge is 0.223 e. The Hall–Kier alpha value is -2.05. The van der Waals surface area contributed by atoms with Crippen LogP contribution in [0.2, 0.25) is 5.02 Å². The van der Waals surface area contributed by atoms with Gasteiger partial charge in [-0.2, -0.15) is 5.10 Å². The minimum atomic E-state index is -0.177. The van der Waals surface area contributed by atoms with E-state index in [1.807, 2.05) is 35.2 Å². The number of ether oxygens (including phenoxy) is 2. The molecule has 1 aromatic carbocycles. The van der Waals surface area contributed by atoms with Gasteiger partial charge in [0.05, 0.1) is 30.5 Å². The molecule has 1 aliphatic heterocycles. The second kappa shape index (κ2) is 10.3. The number of nitrogens with one attached hydrogen (secondary N) is 1. The van der Waals surface area contributed by atoms with E-state index in [1.165, 1.54) is 32.1 Å². The van der Waals surface area contributed by atoms with Crippen LogP contribution in [-0.2, 0) is 16.0 Å². The molecule has 2 fully saturated rings. The highest BCUT2D eigenvalue weighted by Gasteiger charge is 2.28. The quantitative estimate of drug-likeness (QED) is 0.698. The zero-order valence-corrected chi connectivity index (χ0v) is 18.1. The first-order valence-electron chi connectivity index (χ1n) is 11.0. The first-order valence-corrected chi connectivity index (χ1v) is 11.4. The van der Waals surface area contributed by atoms with Crippen molar-refractivity contribution < 1.29 is 14.3 Å². The lowest BCUT2D eigenvalue weighted by molar-refractivity contribution is -0.140. The molecule has 0 radical (unpaired) electrons. The average Bonchev–Trinajstić information content (AvgIpc) is 3.25. The molecule has 2 aliphatic rings. The van der Waals surface area contributed by atoms with Crippen LogP contribution in [0.15, 0.2) is 30.3 Å². The maximum Gasteiger partial charge on any atom is 0.223 e. The molecule has 1 atom stereocenters. The summed E-state index contributed by atoms with van der Waals surface area (Å²) >= 11 is 6.12. The summed E-state index contributed by atoms with van der Waals surface area (Å²) in [5.74, 6) is 1.50. The van der Waals surface area contributed by atoms with Gasteiger partial charge in [0.2, 0.25) is 5.91 Å². The van der Waals surface area contributed by atoms with Crippen LogP contribution in [-0.4, -0.2) is 47.3 Å². The van der Waals surface area contributed by atoms with Gasteiger partial charge in [-0.3, -0.25) is 9.89 Å². The Labute approximate surface area is 182 Å². The molecule has 4 rings (SSSR count). The number of aromatic nitrogens is 2. The van der Waals surface area contributed by atoms with Crippen LogP contribution in [0.3, 0.4) is 0 Å². The number of carbonyl (C=O) groups is 1. The van der Waals surface area contributed by atoms with Gasteiger partial charge in [0, 0.05) is 25.1 Å². The lowest BCUT2D eigenvalue weighted by atomic mass is 9.86. The van der Waals surface area contributed by atoms with Gasteiger partial charge in [0.15, 0.2) is 0 Å². The Morgan fingerprint density at radius 1 is 1.27 bits per heavy atom. The molecule has 1 aliphatic carbocycles. The SMILES string of the molecule is O=C(CC1CCCCC1)N1CCO[C@@H](c2cc(CCOc3ccccc3Cl)[nH]n2)C1. The minimum Gasteiger partial charge on any atom is -0.492 e. The van der Waals surface area contributed by atoms with Crippen LogP contribution in [0.1, 0.15) is 56.0 Å². The van der Waals surface area contributed by atoms with Crippen LogP contribution in [0, 0.1) is 5.92 Å². The van der Waals surface area contributed by atoms with Crippen LogP contribution in [0.5, 0.6) is 5.75 Å². The Kier molecular flexibility index (Phi) is 7.28. The molecule has 162 valence electrons. The third-order valence-electron chi connectivity index (χ3n) is 6.05. The van der Waals surface area contributed by atoms with Crippen molar-refractivity contribution in [2.75, 3.05) is 26.3 Å². The maximum absolute atomic E-state index is 12.8. The molecular formula is C23H30ClN3O3. The summed E-state index contributed by atoms with van der Waals surface area (Å²) in [6.45, 7) is 2.30. The van der Waals surface area contributed by atoms with E-state index >= 15 is 0 Å². The Morgan fingerprint density at radius 3 is 2.93 bits per heavy atom. The number of benzene rings is 1. The van der Waals surface area contributed by atoms with Crippen molar-refractivity contribution >= 4 is 17.5 Å². The van der Waals surface area contributed by atoms with Gasteiger partial charge in [0.25, 0.3) is 0 Å². The highest BCUT2D eigenvalue weighted by atomic mass is 35.5. The minimum absolute atomic E-state index is 0.177. The van der Waals surface area contributed by atoms with Gasteiger partial charge in [-0.05, 0) is 37.0 Å². The van der Waals surface area contributed by atoms with Crippen molar-refractivity contribution in [2.45, 2.75) is 51.0 Å². The summed E-state index contributed by atoms with van der Waals surface area (Å²) in [7, 11) is 0. The Morgan fingerprint density at radius 2 is 2.10 bits per heavy atom. The number of rotatable bonds is 7. The lowest BCUT2D eigenvalue weighted by Crippen LogP contribution is -2.43. The van der Waals surface area contributed by atoms with Crippen molar-refractivity contribution in [3.63, 3.8) is 0 Å². The van der Waals surface area contributed by atoms with Gasteiger partial charge in [-0.15, -0.1) is 0 Å². The first kappa shape index (κ1) is 21.2. The second-order valence-corrected chi connectivity index (χ2v) is 8.66. The molecule has 30 heavy (non-hydrogen) atoms. The van der Waals surface area contributed by atoms with Gasteiger partial charge in [-0.25, -0.2) is 0 Å². The molecule has 2 aromatic rings. The Balaban J connectivity index is 1.27. The molecule has 6 nitrogen and oxygen atoms in total. The van der Waals surface area contributed by atoms with E-state index in [0.717, 1.165) is 11.4 Å². The molecule has 0 unspecified atom stereocenters. The summed E-state index contributed by atoms with van der Waals surface area (Å²) in [6.07, 6.45) is 7.42. The molecular weight excluding hydrogens is 402 g/mol. The normalized spacial score (nSPS) is 20.3. The number of carbonyl (C=O) groups excluding carboxylic acids is 1. The standard InChI is InChI=1S/C23H30ClN3O3/c24-19-8-4-5-9-21(19)29-12-10-18-15-20(26-25-18)22-16-27(11-13-30-22)23(28)14-17-6-2-1-3-7-17/h4-5,8-9,15,17,22H,1-3,6-7,10-14,16H2,(H,25,26)/t22-/m1/s1. The molecule has 1 N–H and O–H groups in total. The second-order valence-electron chi connectivity index (χ2n) is 8.25. The monoisotopic (exact) mass is 431 g/mol. The summed E-state index contributed by atoms with van der Waals surface area (Å²) in [5.41, 5.74) is 1.82. The highest BCUT2D eigenvalue weighted by molar-refractivity contribution is 6.32. The van der Waals surface area contributed by atoms with Crippen LogP contribution < -0.4 is 4.74 Å². The molecule has 0 bridgehead atoms. The van der Waals surface area contributed by atoms with Crippen LogP contribution >= 0.6 is 11.6 Å². The number of aromatic amines is 1. The van der Waals surface area contributed by atoms with Gasteiger partial charge >= 0.3 is 0 Å². The van der Waals surface area contributed by atoms with Crippen molar-refractivity contribution in [3.8, 4) is 5.75 Å². The molecule has 1 aromatic heterocycles. The van der Waals surface area contributed by atoms with Crippen molar-refractivity contribution in [2.24, 2.45) is 5.92 Å². The van der Waals surface area contributed by atoms with Crippen molar-refractivity contribution in [1.82, 2.24) is 15.1 Å². The van der Waals surface area contributed by atoms with Gasteiger partial charge in [0.1, 0.15) is 11.9 Å². The zero-order chi connectivity index (χ0) is 20.8. The zero-order valence-electron chi connectivity index (χ0n) is 17.3. The third kappa shape index (κ3) is 5.55. The molecule has 1 saturated carbocycles. The molecule has 1 saturated heterocycles. The van der Waals surface area contributed by atoms with E-state index < -0.39 is 0 Å². The summed E-state index contributed by atoms with van der Waals surface area (Å²) in [6, 6.07) is 9.46. The number of amides is 1. The average molecular weight is 432 g/mol. The van der Waals surface area contributed by atoms with E-state index in [-0.39, 0.29) is 12.0 Å². The molecule has 2 heterocycles. The fourth-order valence-corrected chi connectivity index (χ4v) is 4.52. The topological polar surface area (TPSA) is 67.5 Å². The van der Waals surface area contributed by atoms with Crippen LogP contribution in [0.25, 0.3) is 0 Å². The van der Waals surface area contributed by atoms with Gasteiger partial charge < -0.3 is 14.4 Å². The van der Waals surface area contributed by atoms with Crippen molar-refractivity contribution in [1.29, 1.82) is 0 Å². The third-order valence-corrected chi connectivity index (χ3v) is 6.37. The van der Waals surface area contributed by atoms with Crippen LogP contribution in [0.4, 0.5) is 0 Å².